The molecule has 0 radical (unpaired) electrons. The lowest BCUT2D eigenvalue weighted by Crippen LogP contribution is -2.57. The first-order valence-electron chi connectivity index (χ1n) is 8.83. The predicted molar refractivity (Wildman–Crippen MR) is 100 cm³/mol. The molecule has 4 unspecified atom stereocenters. The molecule has 2 aromatic rings. The van der Waals surface area contributed by atoms with E-state index in [1.54, 1.807) is 50.2 Å². The van der Waals surface area contributed by atoms with Gasteiger partial charge in [0.2, 0.25) is 17.1 Å². The minimum Gasteiger partial charge on any atom is -0.464 e. The predicted octanol–water partition coefficient (Wildman–Crippen LogP) is 4.35. The SMILES string of the molecule is Cc1ccc(C2OC3(c4cccc(Cl)c4)OC(=N)C(C#N)(C3C)C2(C#N)C#N)o1. The van der Waals surface area contributed by atoms with E-state index >= 15 is 0 Å². The van der Waals surface area contributed by atoms with Gasteiger partial charge < -0.3 is 13.9 Å². The minimum atomic E-state index is -2.05. The van der Waals surface area contributed by atoms with Gasteiger partial charge in [0, 0.05) is 10.6 Å². The molecule has 7 nitrogen and oxygen atoms in total. The van der Waals surface area contributed by atoms with Gasteiger partial charge in [-0.2, -0.15) is 15.8 Å². The highest BCUT2D eigenvalue weighted by Gasteiger charge is 2.80. The lowest BCUT2D eigenvalue weighted by atomic mass is 9.54. The van der Waals surface area contributed by atoms with Crippen LogP contribution in [0.3, 0.4) is 0 Å². The Kier molecular flexibility index (Phi) is 4.00. The number of benzene rings is 1. The van der Waals surface area contributed by atoms with E-state index in [4.69, 9.17) is 30.9 Å². The van der Waals surface area contributed by atoms with E-state index in [1.165, 1.54) is 0 Å². The molecule has 0 amide bonds. The normalized spacial score (nSPS) is 31.9. The van der Waals surface area contributed by atoms with Crippen LogP contribution < -0.4 is 0 Å². The zero-order valence-corrected chi connectivity index (χ0v) is 16.3. The van der Waals surface area contributed by atoms with E-state index in [1.807, 2.05) is 12.1 Å². The summed E-state index contributed by atoms with van der Waals surface area (Å²) >= 11 is 6.16. The number of furan rings is 1. The van der Waals surface area contributed by atoms with E-state index in [0.29, 0.717) is 16.3 Å². The van der Waals surface area contributed by atoms with E-state index in [0.717, 1.165) is 0 Å². The summed E-state index contributed by atoms with van der Waals surface area (Å²) in [5.41, 5.74) is -3.44. The Balaban J connectivity index is 2.05. The molecule has 2 fully saturated rings. The highest BCUT2D eigenvalue weighted by atomic mass is 35.5. The highest BCUT2D eigenvalue weighted by Crippen LogP contribution is 2.69. The summed E-state index contributed by atoms with van der Waals surface area (Å²) in [7, 11) is 0. The number of halogens is 1. The quantitative estimate of drug-likeness (QED) is 0.789. The molecule has 2 bridgehead atoms. The van der Waals surface area contributed by atoms with Gasteiger partial charge in [0.15, 0.2) is 11.5 Å². The highest BCUT2D eigenvalue weighted by molar-refractivity contribution is 6.30. The molecular weight excluding hydrogens is 392 g/mol. The van der Waals surface area contributed by atoms with Crippen LogP contribution in [-0.4, -0.2) is 5.90 Å². The molecule has 1 aromatic heterocycles. The Morgan fingerprint density at radius 2 is 1.83 bits per heavy atom. The van der Waals surface area contributed by atoms with Gasteiger partial charge in [0.1, 0.15) is 11.5 Å². The van der Waals surface area contributed by atoms with Crippen molar-refractivity contribution >= 4 is 17.5 Å². The molecule has 8 heteroatoms. The number of ether oxygens (including phenoxy) is 2. The van der Waals surface area contributed by atoms with Crippen molar-refractivity contribution in [3.05, 3.63) is 58.5 Å². The van der Waals surface area contributed by atoms with Crippen molar-refractivity contribution in [2.75, 3.05) is 0 Å². The van der Waals surface area contributed by atoms with Crippen molar-refractivity contribution < 1.29 is 13.9 Å². The summed E-state index contributed by atoms with van der Waals surface area (Å²) in [6.45, 7) is 3.36. The van der Waals surface area contributed by atoms with Crippen LogP contribution >= 0.6 is 11.6 Å². The van der Waals surface area contributed by atoms with E-state index in [9.17, 15) is 15.8 Å². The summed E-state index contributed by atoms with van der Waals surface area (Å²) in [5, 5.41) is 39.4. The first kappa shape index (κ1) is 19.0. The van der Waals surface area contributed by atoms with Gasteiger partial charge in [-0.3, -0.25) is 5.41 Å². The van der Waals surface area contributed by atoms with E-state index in [2.05, 4.69) is 6.07 Å². The van der Waals surface area contributed by atoms with Crippen molar-refractivity contribution in [2.24, 2.45) is 16.7 Å². The second kappa shape index (κ2) is 6.09. The average Bonchev–Trinajstić information content (AvgIpc) is 3.20. The minimum absolute atomic E-state index is 0.210. The Labute approximate surface area is 172 Å². The average molecular weight is 407 g/mol. The third-order valence-corrected chi connectivity index (χ3v) is 6.15. The molecular formula is C21H15ClN4O3. The fraction of sp³-hybridized carbons (Fsp3) is 0.333. The van der Waals surface area contributed by atoms with Crippen LogP contribution in [0.1, 0.15) is 30.1 Å². The number of nitrogens with one attached hydrogen (secondary N) is 1. The van der Waals surface area contributed by atoms with Gasteiger partial charge in [0.05, 0.1) is 24.1 Å². The molecule has 0 aliphatic carbocycles. The van der Waals surface area contributed by atoms with Crippen molar-refractivity contribution in [2.45, 2.75) is 25.7 Å². The molecule has 2 saturated heterocycles. The van der Waals surface area contributed by atoms with Crippen molar-refractivity contribution in [3.8, 4) is 18.2 Å². The third-order valence-electron chi connectivity index (χ3n) is 5.92. The van der Waals surface area contributed by atoms with Crippen LogP contribution in [0.25, 0.3) is 0 Å². The van der Waals surface area contributed by atoms with Gasteiger partial charge in [0.25, 0.3) is 0 Å². The van der Waals surface area contributed by atoms with Crippen LogP contribution in [-0.2, 0) is 15.3 Å². The van der Waals surface area contributed by atoms with Gasteiger partial charge >= 0.3 is 0 Å². The molecule has 4 rings (SSSR count). The molecule has 29 heavy (non-hydrogen) atoms. The van der Waals surface area contributed by atoms with E-state index in [-0.39, 0.29) is 5.76 Å². The van der Waals surface area contributed by atoms with Gasteiger partial charge in [-0.1, -0.05) is 30.7 Å². The summed E-state index contributed by atoms with van der Waals surface area (Å²) in [5.74, 6) is -2.15. The molecule has 0 saturated carbocycles. The largest absolute Gasteiger partial charge is 0.464 e. The maximum absolute atomic E-state index is 10.2. The molecule has 1 aromatic carbocycles. The number of fused-ring (bicyclic) bond motifs is 2. The standard InChI is InChI=1S/C21H15ClN4O3/c1-12-6-7-16(27-12)17-19(9-23,10-24)20(11-25)13(2)21(28-17,29-18(20)26)14-4-3-5-15(22)8-14/h3-8,13,17,26H,1-2H3. The maximum Gasteiger partial charge on any atom is 0.244 e. The second-order valence-electron chi connectivity index (χ2n) is 7.23. The number of nitriles is 3. The monoisotopic (exact) mass is 406 g/mol. The number of nitrogens with zero attached hydrogens (tertiary/aromatic N) is 3. The van der Waals surface area contributed by atoms with Crippen molar-refractivity contribution in [3.63, 3.8) is 0 Å². The first-order chi connectivity index (χ1) is 13.8. The fourth-order valence-electron chi connectivity index (χ4n) is 4.42. The Morgan fingerprint density at radius 1 is 1.10 bits per heavy atom. The topological polar surface area (TPSA) is 127 Å². The lowest BCUT2D eigenvalue weighted by Gasteiger charge is -2.48. The summed E-state index contributed by atoms with van der Waals surface area (Å²) in [6, 6.07) is 16.0. The van der Waals surface area contributed by atoms with Gasteiger partial charge in [-0.15, -0.1) is 0 Å². The summed E-state index contributed by atoms with van der Waals surface area (Å²) in [4.78, 5) is 0. The maximum atomic E-state index is 10.2. The Hall–Kier alpha value is -3.31. The number of hydrogen-bond acceptors (Lipinski definition) is 7. The summed E-state index contributed by atoms with van der Waals surface area (Å²) < 4.78 is 17.9. The van der Waals surface area contributed by atoms with Gasteiger partial charge in [-0.05, 0) is 31.2 Å². The molecule has 0 spiro atoms. The Bertz CT molecular complexity index is 1140. The molecule has 1 N–H and O–H groups in total. The van der Waals surface area contributed by atoms with Crippen molar-refractivity contribution in [1.82, 2.24) is 0 Å². The third kappa shape index (κ3) is 2.11. The second-order valence-corrected chi connectivity index (χ2v) is 7.66. The first-order valence-corrected chi connectivity index (χ1v) is 9.21. The molecule has 2 aliphatic rings. The molecule has 144 valence electrons. The van der Waals surface area contributed by atoms with Crippen molar-refractivity contribution in [1.29, 1.82) is 21.2 Å². The molecule has 4 atom stereocenters. The zero-order chi connectivity index (χ0) is 21.0. The number of rotatable bonds is 2. The smallest absolute Gasteiger partial charge is 0.244 e. The van der Waals surface area contributed by atoms with Crippen LogP contribution in [0.2, 0.25) is 5.02 Å². The molecule has 2 aliphatic heterocycles. The molecule has 3 heterocycles. The summed E-state index contributed by atoms with van der Waals surface area (Å²) in [6.07, 6.45) is -1.26. The zero-order valence-electron chi connectivity index (χ0n) is 15.6. The van der Waals surface area contributed by atoms with Crippen LogP contribution in [0.5, 0.6) is 0 Å². The Morgan fingerprint density at radius 3 is 2.38 bits per heavy atom. The van der Waals surface area contributed by atoms with Gasteiger partial charge in [-0.25, -0.2) is 0 Å². The number of aryl methyl sites for hydroxylation is 1. The fourth-order valence-corrected chi connectivity index (χ4v) is 4.61. The van der Waals surface area contributed by atoms with Crippen LogP contribution in [0, 0.1) is 63.1 Å². The lowest BCUT2D eigenvalue weighted by molar-refractivity contribution is -0.292. The van der Waals surface area contributed by atoms with Crippen LogP contribution in [0.4, 0.5) is 0 Å². The van der Waals surface area contributed by atoms with E-state index < -0.39 is 34.5 Å². The number of hydrogen-bond donors (Lipinski definition) is 1. The van der Waals surface area contributed by atoms with Crippen LogP contribution in [0.15, 0.2) is 40.8 Å².